The van der Waals surface area contributed by atoms with Gasteiger partial charge in [0.15, 0.2) is 11.9 Å². The fourth-order valence-electron chi connectivity index (χ4n) is 2.35. The predicted molar refractivity (Wildman–Crippen MR) is 62.9 cm³/mol. The summed E-state index contributed by atoms with van der Waals surface area (Å²) < 4.78 is 7.03. The molecule has 19 heavy (non-hydrogen) atoms. The minimum absolute atomic E-state index is 0.380. The Hall–Kier alpha value is -1.61. The molecule has 1 aliphatic heterocycles. The number of hydrogen-bond acceptors (Lipinski definition) is 7. The Kier molecular flexibility index (Phi) is 2.75. The molecule has 3 unspecified atom stereocenters. The predicted octanol–water partition coefficient (Wildman–Crippen LogP) is -1.17. The maximum Gasteiger partial charge on any atom is 0.168 e. The van der Waals surface area contributed by atoms with Gasteiger partial charge < -0.3 is 20.1 Å². The summed E-state index contributed by atoms with van der Waals surface area (Å²) in [7, 11) is 0. The smallest absolute Gasteiger partial charge is 0.168 e. The monoisotopic (exact) mass is 266 g/mol. The first-order valence-corrected chi connectivity index (χ1v) is 5.85. The van der Waals surface area contributed by atoms with E-state index in [1.165, 1.54) is 24.1 Å². The van der Waals surface area contributed by atoms with Crippen molar-refractivity contribution < 1.29 is 20.1 Å². The van der Waals surface area contributed by atoms with Gasteiger partial charge >= 0.3 is 0 Å². The van der Waals surface area contributed by atoms with E-state index < -0.39 is 24.0 Å². The van der Waals surface area contributed by atoms with Gasteiger partial charge in [-0.2, -0.15) is 0 Å². The summed E-state index contributed by atoms with van der Waals surface area (Å²) in [5, 5.41) is 29.5. The Morgan fingerprint density at radius 3 is 2.95 bits per heavy atom. The average Bonchev–Trinajstić information content (AvgIpc) is 2.91. The van der Waals surface area contributed by atoms with Gasteiger partial charge in [-0.25, -0.2) is 15.0 Å². The molecule has 2 aromatic rings. The highest BCUT2D eigenvalue weighted by atomic mass is 16.6. The topological polar surface area (TPSA) is 114 Å². The van der Waals surface area contributed by atoms with Crippen LogP contribution in [0.15, 0.2) is 18.9 Å². The molecule has 2 aromatic heterocycles. The molecule has 8 heteroatoms. The van der Waals surface area contributed by atoms with Gasteiger partial charge in [-0.15, -0.1) is 0 Å². The maximum atomic E-state index is 10.4. The second kappa shape index (κ2) is 4.20. The molecular formula is C11H14N4O4. The van der Waals surface area contributed by atoms with Crippen molar-refractivity contribution in [1.29, 1.82) is 0 Å². The summed E-state index contributed by atoms with van der Waals surface area (Å²) in [6.45, 7) is 1.07. The number of fused-ring (bicyclic) bond motifs is 1. The van der Waals surface area contributed by atoms with Crippen LogP contribution in [0.3, 0.4) is 0 Å². The van der Waals surface area contributed by atoms with Crippen LogP contribution in [-0.2, 0) is 4.74 Å². The number of aromatic nitrogens is 4. The van der Waals surface area contributed by atoms with Gasteiger partial charge in [0.2, 0.25) is 0 Å². The average molecular weight is 266 g/mol. The summed E-state index contributed by atoms with van der Waals surface area (Å²) in [5.41, 5.74) is -0.499. The Bertz CT molecular complexity index is 599. The minimum Gasteiger partial charge on any atom is -0.394 e. The van der Waals surface area contributed by atoms with E-state index in [9.17, 15) is 10.2 Å². The molecular weight excluding hydrogens is 252 g/mol. The fourth-order valence-corrected chi connectivity index (χ4v) is 2.35. The van der Waals surface area contributed by atoms with Gasteiger partial charge in [0.25, 0.3) is 0 Å². The van der Waals surface area contributed by atoms with Gasteiger partial charge in [0.1, 0.15) is 29.7 Å². The third-order valence-electron chi connectivity index (χ3n) is 3.43. The van der Waals surface area contributed by atoms with E-state index in [0.717, 1.165) is 0 Å². The van der Waals surface area contributed by atoms with Gasteiger partial charge in [-0.1, -0.05) is 0 Å². The Balaban J connectivity index is 2.07. The van der Waals surface area contributed by atoms with Gasteiger partial charge in [-0.3, -0.25) is 4.57 Å². The van der Waals surface area contributed by atoms with Crippen LogP contribution in [0.25, 0.3) is 11.2 Å². The number of hydrogen-bond donors (Lipinski definition) is 3. The molecule has 0 saturated carbocycles. The van der Waals surface area contributed by atoms with Crippen molar-refractivity contribution in [1.82, 2.24) is 19.5 Å². The molecule has 0 spiro atoms. The highest BCUT2D eigenvalue weighted by Gasteiger charge is 2.53. The van der Waals surface area contributed by atoms with Crippen molar-refractivity contribution >= 4 is 11.2 Å². The van der Waals surface area contributed by atoms with E-state index in [-0.39, 0.29) is 6.61 Å². The Labute approximate surface area is 108 Å². The molecule has 0 amide bonds. The lowest BCUT2D eigenvalue weighted by atomic mass is 9.96. The Morgan fingerprint density at radius 2 is 2.26 bits per heavy atom. The number of aliphatic hydroxyl groups excluding tert-OH is 2. The quantitative estimate of drug-likeness (QED) is 0.627. The van der Waals surface area contributed by atoms with Crippen LogP contribution < -0.4 is 0 Å². The highest BCUT2D eigenvalue weighted by Crippen LogP contribution is 2.38. The molecule has 3 N–H and O–H groups in total. The van der Waals surface area contributed by atoms with E-state index in [0.29, 0.717) is 11.2 Å². The van der Waals surface area contributed by atoms with Crippen LogP contribution in [0.5, 0.6) is 0 Å². The van der Waals surface area contributed by atoms with E-state index in [4.69, 9.17) is 9.84 Å². The molecule has 0 radical (unpaired) electrons. The lowest BCUT2D eigenvalue weighted by molar-refractivity contribution is -0.0950. The minimum atomic E-state index is -1.55. The van der Waals surface area contributed by atoms with Crippen molar-refractivity contribution in [3.8, 4) is 0 Å². The first-order valence-electron chi connectivity index (χ1n) is 5.85. The fraction of sp³-hybridized carbons (Fsp3) is 0.545. The van der Waals surface area contributed by atoms with Gasteiger partial charge in [0, 0.05) is 0 Å². The molecule has 4 atom stereocenters. The molecule has 1 fully saturated rings. The molecule has 102 valence electrons. The number of imidazole rings is 1. The molecule has 8 nitrogen and oxygen atoms in total. The molecule has 0 bridgehead atoms. The largest absolute Gasteiger partial charge is 0.394 e. The number of rotatable bonds is 2. The number of aliphatic hydroxyl groups is 3. The normalized spacial score (nSPS) is 35.1. The van der Waals surface area contributed by atoms with Crippen molar-refractivity contribution in [2.24, 2.45) is 0 Å². The molecule has 0 aliphatic carbocycles. The van der Waals surface area contributed by atoms with E-state index in [2.05, 4.69) is 15.0 Å². The molecule has 0 aromatic carbocycles. The summed E-state index contributed by atoms with van der Waals surface area (Å²) >= 11 is 0. The Morgan fingerprint density at radius 1 is 1.47 bits per heavy atom. The first-order chi connectivity index (χ1) is 9.05. The lowest BCUT2D eigenvalue weighted by Crippen LogP contribution is -2.44. The zero-order chi connectivity index (χ0) is 13.6. The second-order valence-corrected chi connectivity index (χ2v) is 4.76. The van der Waals surface area contributed by atoms with Crippen molar-refractivity contribution in [3.05, 3.63) is 18.9 Å². The standard InChI is InChI=1S/C11H14N4O4/c1-11(18)8(17)7(3-16)19-10(11)15-5-14-6-2-12-4-13-9(6)15/h2,4-5,7-8,10,16-18H,3H2,1H3/t7?,8?,10?,11-/m1/s1. The summed E-state index contributed by atoms with van der Waals surface area (Å²) in [6, 6.07) is 0. The third kappa shape index (κ3) is 1.72. The highest BCUT2D eigenvalue weighted by molar-refractivity contribution is 5.69. The van der Waals surface area contributed by atoms with Crippen LogP contribution >= 0.6 is 0 Å². The molecule has 1 saturated heterocycles. The van der Waals surface area contributed by atoms with Crippen molar-refractivity contribution in [2.75, 3.05) is 6.61 Å². The first kappa shape index (κ1) is 12.4. The SMILES string of the molecule is C[C@@]1(O)C(O)C(CO)OC1n1cnc2cncnc21. The lowest BCUT2D eigenvalue weighted by Gasteiger charge is -2.27. The van der Waals surface area contributed by atoms with Gasteiger partial charge in [0.05, 0.1) is 19.1 Å². The zero-order valence-electron chi connectivity index (χ0n) is 10.2. The van der Waals surface area contributed by atoms with E-state index in [1.807, 2.05) is 0 Å². The van der Waals surface area contributed by atoms with Gasteiger partial charge in [-0.05, 0) is 6.92 Å². The van der Waals surface area contributed by atoms with Crippen LogP contribution in [0.1, 0.15) is 13.2 Å². The van der Waals surface area contributed by atoms with E-state index in [1.54, 1.807) is 6.20 Å². The number of nitrogens with zero attached hydrogens (tertiary/aromatic N) is 4. The summed E-state index contributed by atoms with van der Waals surface area (Å²) in [4.78, 5) is 12.0. The van der Waals surface area contributed by atoms with Crippen LogP contribution in [0, 0.1) is 0 Å². The third-order valence-corrected chi connectivity index (χ3v) is 3.43. The molecule has 1 aliphatic rings. The van der Waals surface area contributed by atoms with Crippen LogP contribution in [0.4, 0.5) is 0 Å². The summed E-state index contributed by atoms with van der Waals surface area (Å²) in [5.74, 6) is 0. The summed E-state index contributed by atoms with van der Waals surface area (Å²) in [6.07, 6.45) is 1.46. The molecule has 3 heterocycles. The zero-order valence-corrected chi connectivity index (χ0v) is 10.2. The van der Waals surface area contributed by atoms with Crippen LogP contribution in [0.2, 0.25) is 0 Å². The van der Waals surface area contributed by atoms with Crippen molar-refractivity contribution in [3.63, 3.8) is 0 Å². The maximum absolute atomic E-state index is 10.4. The van der Waals surface area contributed by atoms with Crippen molar-refractivity contribution in [2.45, 2.75) is 31.0 Å². The number of ether oxygens (including phenoxy) is 1. The van der Waals surface area contributed by atoms with E-state index >= 15 is 0 Å². The second-order valence-electron chi connectivity index (χ2n) is 4.76. The van der Waals surface area contributed by atoms with Crippen LogP contribution in [-0.4, -0.2) is 59.3 Å². The molecule has 3 rings (SSSR count).